The molecule has 0 aliphatic carbocycles. The third kappa shape index (κ3) is 3.52. The van der Waals surface area contributed by atoms with Crippen LogP contribution in [0.3, 0.4) is 0 Å². The summed E-state index contributed by atoms with van der Waals surface area (Å²) in [7, 11) is 0. The Bertz CT molecular complexity index is 647. The number of anilines is 1. The number of hydrogen-bond acceptors (Lipinski definition) is 2. The highest BCUT2D eigenvalue weighted by Gasteiger charge is 2.10. The van der Waals surface area contributed by atoms with Gasteiger partial charge in [0.15, 0.2) is 0 Å². The second kappa shape index (κ2) is 5.98. The van der Waals surface area contributed by atoms with E-state index in [2.05, 4.69) is 27.9 Å². The van der Waals surface area contributed by atoms with Crippen molar-refractivity contribution in [3.05, 3.63) is 55.6 Å². The highest BCUT2D eigenvalue weighted by atomic mass is 127. The number of carbonyl (C=O) groups excluding carboxylic acids is 1. The molecule has 0 radical (unpaired) electrons. The first-order chi connectivity index (χ1) is 8.97. The van der Waals surface area contributed by atoms with Crippen LogP contribution < -0.4 is 5.32 Å². The van der Waals surface area contributed by atoms with Crippen LogP contribution in [0.4, 0.5) is 5.69 Å². The summed E-state index contributed by atoms with van der Waals surface area (Å²) >= 11 is 13.7. The Labute approximate surface area is 133 Å². The lowest BCUT2D eigenvalue weighted by Gasteiger charge is -2.08. The van der Waals surface area contributed by atoms with E-state index in [1.54, 1.807) is 18.2 Å². The Balaban J connectivity index is 2.23. The molecule has 1 amide bonds. The van der Waals surface area contributed by atoms with E-state index < -0.39 is 0 Å². The second-order valence-corrected chi connectivity index (χ2v) is 5.75. The minimum atomic E-state index is -0.304. The van der Waals surface area contributed by atoms with Crippen LogP contribution in [0.15, 0.2) is 36.4 Å². The number of hydrogen-bond donors (Lipinski definition) is 2. The molecule has 0 aromatic heterocycles. The summed E-state index contributed by atoms with van der Waals surface area (Å²) in [5, 5.41) is 12.8. The molecule has 2 N–H and O–H groups in total. The van der Waals surface area contributed by atoms with Gasteiger partial charge in [0.05, 0.1) is 10.7 Å². The summed E-state index contributed by atoms with van der Waals surface area (Å²) in [6.07, 6.45) is 0. The molecule has 3 nitrogen and oxygen atoms in total. The van der Waals surface area contributed by atoms with Gasteiger partial charge in [0.1, 0.15) is 5.75 Å². The average Bonchev–Trinajstić information content (AvgIpc) is 2.36. The number of nitrogens with one attached hydrogen (secondary N) is 1. The van der Waals surface area contributed by atoms with Crippen molar-refractivity contribution in [1.82, 2.24) is 0 Å². The molecule has 0 unspecified atom stereocenters. The van der Waals surface area contributed by atoms with Crippen LogP contribution in [0.2, 0.25) is 10.0 Å². The largest absolute Gasteiger partial charge is 0.506 e. The normalized spacial score (nSPS) is 10.3. The zero-order valence-corrected chi connectivity index (χ0v) is 13.1. The Morgan fingerprint density at radius 3 is 2.53 bits per heavy atom. The summed E-state index contributed by atoms with van der Waals surface area (Å²) in [6.45, 7) is 0. The van der Waals surface area contributed by atoms with E-state index in [1.807, 2.05) is 0 Å². The number of benzene rings is 2. The van der Waals surface area contributed by atoms with Gasteiger partial charge in [0, 0.05) is 14.2 Å². The van der Waals surface area contributed by atoms with Gasteiger partial charge in [-0.05, 0) is 59.0 Å². The molecule has 6 heteroatoms. The van der Waals surface area contributed by atoms with Gasteiger partial charge in [-0.2, -0.15) is 0 Å². The first-order valence-electron chi connectivity index (χ1n) is 5.22. The van der Waals surface area contributed by atoms with Gasteiger partial charge >= 0.3 is 0 Å². The number of rotatable bonds is 2. The molecule has 0 saturated carbocycles. The van der Waals surface area contributed by atoms with Crippen LogP contribution in [0.1, 0.15) is 10.4 Å². The second-order valence-electron chi connectivity index (χ2n) is 3.74. The van der Waals surface area contributed by atoms with E-state index in [4.69, 9.17) is 23.2 Å². The van der Waals surface area contributed by atoms with Gasteiger partial charge in [0.25, 0.3) is 5.91 Å². The molecule has 0 atom stereocenters. The van der Waals surface area contributed by atoms with E-state index in [0.29, 0.717) is 16.3 Å². The minimum absolute atomic E-state index is 0.0562. The minimum Gasteiger partial charge on any atom is -0.506 e. The Hall–Kier alpha value is -0.980. The molecule has 0 bridgehead atoms. The van der Waals surface area contributed by atoms with Crippen LogP contribution in [0.25, 0.3) is 0 Å². The fourth-order valence-electron chi connectivity index (χ4n) is 1.43. The molecule has 0 heterocycles. The fourth-order valence-corrected chi connectivity index (χ4v) is 2.62. The zero-order valence-electron chi connectivity index (χ0n) is 9.45. The maximum absolute atomic E-state index is 12.0. The fraction of sp³-hybridized carbons (Fsp3) is 0. The summed E-state index contributed by atoms with van der Waals surface area (Å²) < 4.78 is 0.836. The first-order valence-corrected chi connectivity index (χ1v) is 7.06. The molecule has 98 valence electrons. The monoisotopic (exact) mass is 407 g/mol. The highest BCUT2D eigenvalue weighted by Crippen LogP contribution is 2.26. The van der Waals surface area contributed by atoms with Crippen LogP contribution in [0.5, 0.6) is 5.75 Å². The number of carbonyl (C=O) groups is 1. The summed E-state index contributed by atoms with van der Waals surface area (Å²) in [4.78, 5) is 12.0. The van der Waals surface area contributed by atoms with E-state index in [-0.39, 0.29) is 16.7 Å². The molecular weight excluding hydrogens is 400 g/mol. The number of halogens is 3. The quantitative estimate of drug-likeness (QED) is 0.717. The molecule has 19 heavy (non-hydrogen) atoms. The Morgan fingerprint density at radius 1 is 1.16 bits per heavy atom. The average molecular weight is 408 g/mol. The van der Waals surface area contributed by atoms with Gasteiger partial charge in [-0.1, -0.05) is 23.2 Å². The number of phenolic OH excluding ortho intramolecular Hbond substituents is 1. The van der Waals surface area contributed by atoms with Crippen molar-refractivity contribution in [2.75, 3.05) is 5.32 Å². The van der Waals surface area contributed by atoms with Crippen molar-refractivity contribution in [2.45, 2.75) is 0 Å². The summed E-state index contributed by atoms with van der Waals surface area (Å²) in [5.74, 6) is -0.360. The smallest absolute Gasteiger partial charge is 0.255 e. The maximum Gasteiger partial charge on any atom is 0.255 e. The van der Waals surface area contributed by atoms with Gasteiger partial charge in [-0.3, -0.25) is 4.79 Å². The molecule has 2 rings (SSSR count). The van der Waals surface area contributed by atoms with E-state index in [0.717, 1.165) is 3.57 Å². The lowest BCUT2D eigenvalue weighted by molar-refractivity contribution is 0.102. The predicted octanol–water partition coefficient (Wildman–Crippen LogP) is 4.56. The molecule has 0 fully saturated rings. The van der Waals surface area contributed by atoms with Crippen LogP contribution in [-0.2, 0) is 0 Å². The third-order valence-electron chi connectivity index (χ3n) is 2.39. The third-order valence-corrected chi connectivity index (χ3v) is 3.82. The molecule has 0 aliphatic rings. The van der Waals surface area contributed by atoms with Crippen LogP contribution in [0, 0.1) is 3.57 Å². The Kier molecular flexibility index (Phi) is 4.54. The first kappa shape index (κ1) is 14.4. The SMILES string of the molecule is O=C(Nc1ccc(Cl)cc1I)c1ccc(O)c(Cl)c1. The number of amides is 1. The molecule has 2 aromatic carbocycles. The molecule has 0 spiro atoms. The zero-order chi connectivity index (χ0) is 14.0. The van der Waals surface area contributed by atoms with Crippen molar-refractivity contribution in [3.8, 4) is 5.75 Å². The van der Waals surface area contributed by atoms with E-state index in [9.17, 15) is 9.90 Å². The van der Waals surface area contributed by atoms with Crippen molar-refractivity contribution >= 4 is 57.4 Å². The van der Waals surface area contributed by atoms with Gasteiger partial charge in [0.2, 0.25) is 0 Å². The number of phenols is 1. The Morgan fingerprint density at radius 2 is 1.89 bits per heavy atom. The summed E-state index contributed by atoms with van der Waals surface area (Å²) in [6, 6.07) is 9.47. The lowest BCUT2D eigenvalue weighted by Crippen LogP contribution is -2.12. The molecule has 0 saturated heterocycles. The topological polar surface area (TPSA) is 49.3 Å². The van der Waals surface area contributed by atoms with Gasteiger partial charge < -0.3 is 10.4 Å². The van der Waals surface area contributed by atoms with Crippen molar-refractivity contribution < 1.29 is 9.90 Å². The molecule has 0 aliphatic heterocycles. The standard InChI is InChI=1S/C13H8Cl2INO2/c14-8-2-3-11(10(16)6-8)17-13(19)7-1-4-12(18)9(15)5-7/h1-6,18H,(H,17,19). The van der Waals surface area contributed by atoms with Crippen LogP contribution >= 0.6 is 45.8 Å². The summed E-state index contributed by atoms with van der Waals surface area (Å²) in [5.41, 5.74) is 1.03. The van der Waals surface area contributed by atoms with Gasteiger partial charge in [-0.25, -0.2) is 0 Å². The lowest BCUT2D eigenvalue weighted by atomic mass is 10.2. The van der Waals surface area contributed by atoms with Crippen molar-refractivity contribution in [3.63, 3.8) is 0 Å². The van der Waals surface area contributed by atoms with Gasteiger partial charge in [-0.15, -0.1) is 0 Å². The van der Waals surface area contributed by atoms with Crippen molar-refractivity contribution in [2.24, 2.45) is 0 Å². The molecule has 2 aromatic rings. The van der Waals surface area contributed by atoms with Crippen LogP contribution in [-0.4, -0.2) is 11.0 Å². The number of aromatic hydroxyl groups is 1. The molecular formula is C13H8Cl2INO2. The van der Waals surface area contributed by atoms with E-state index in [1.165, 1.54) is 18.2 Å². The maximum atomic E-state index is 12.0. The highest BCUT2D eigenvalue weighted by molar-refractivity contribution is 14.1. The van der Waals surface area contributed by atoms with Crippen molar-refractivity contribution in [1.29, 1.82) is 0 Å². The predicted molar refractivity (Wildman–Crippen MR) is 85.2 cm³/mol. The van der Waals surface area contributed by atoms with E-state index >= 15 is 0 Å².